The quantitative estimate of drug-likeness (QED) is 0.706. The lowest BCUT2D eigenvalue weighted by atomic mass is 9.87. The molecule has 0 radical (unpaired) electrons. The van der Waals surface area contributed by atoms with Crippen LogP contribution < -0.4 is 0 Å². The lowest BCUT2D eigenvalue weighted by Gasteiger charge is -2.35. The predicted molar refractivity (Wildman–Crippen MR) is 117 cm³/mol. The van der Waals surface area contributed by atoms with E-state index < -0.39 is 0 Å². The number of amides is 2. The van der Waals surface area contributed by atoms with Crippen LogP contribution in [0.2, 0.25) is 5.02 Å². The Morgan fingerprint density at radius 1 is 1.07 bits per heavy atom. The SMILES string of the molecule is CN1C(=O)C2C(C1=O)C1CCCCN1C2/C=C/c1ccc(-c2ccccc2Cl)cn1. The highest BCUT2D eigenvalue weighted by molar-refractivity contribution is 6.33. The Bertz CT molecular complexity index is 1020. The molecule has 0 bridgehead atoms. The minimum absolute atomic E-state index is 0.0139. The molecule has 4 heterocycles. The summed E-state index contributed by atoms with van der Waals surface area (Å²) in [4.78, 5) is 33.8. The largest absolute Gasteiger partial charge is 0.292 e. The third-order valence-electron chi connectivity index (χ3n) is 6.81. The van der Waals surface area contributed by atoms with Crippen LogP contribution >= 0.6 is 11.6 Å². The number of likely N-dealkylation sites (tertiary alicyclic amines) is 1. The highest BCUT2D eigenvalue weighted by atomic mass is 35.5. The van der Waals surface area contributed by atoms with Gasteiger partial charge in [-0.25, -0.2) is 0 Å². The van der Waals surface area contributed by atoms with Crippen LogP contribution in [0.5, 0.6) is 0 Å². The van der Waals surface area contributed by atoms with Crippen LogP contribution in [0.1, 0.15) is 25.0 Å². The lowest BCUT2D eigenvalue weighted by molar-refractivity contribution is -0.139. The maximum atomic E-state index is 12.8. The molecule has 154 valence electrons. The number of nitrogens with zero attached hydrogens (tertiary/aromatic N) is 3. The Balaban J connectivity index is 1.41. The summed E-state index contributed by atoms with van der Waals surface area (Å²) >= 11 is 6.29. The molecule has 4 atom stereocenters. The number of carbonyl (C=O) groups is 2. The van der Waals surface area contributed by atoms with Gasteiger partial charge < -0.3 is 0 Å². The van der Waals surface area contributed by atoms with Crippen molar-refractivity contribution in [3.8, 4) is 11.1 Å². The van der Waals surface area contributed by atoms with Gasteiger partial charge in [0.2, 0.25) is 11.8 Å². The number of pyridine rings is 1. The summed E-state index contributed by atoms with van der Waals surface area (Å²) in [5, 5.41) is 0.698. The van der Waals surface area contributed by atoms with E-state index in [0.29, 0.717) is 5.02 Å². The minimum atomic E-state index is -0.274. The zero-order valence-corrected chi connectivity index (χ0v) is 17.6. The molecule has 0 spiro atoms. The molecule has 3 saturated heterocycles. The summed E-state index contributed by atoms with van der Waals surface area (Å²) in [6, 6.07) is 11.8. The van der Waals surface area contributed by atoms with Gasteiger partial charge in [-0.3, -0.25) is 24.4 Å². The number of carbonyl (C=O) groups excluding carboxylic acids is 2. The second-order valence-electron chi connectivity index (χ2n) is 8.39. The highest BCUT2D eigenvalue weighted by Crippen LogP contribution is 2.46. The molecule has 3 aliphatic rings. The number of rotatable bonds is 3. The van der Waals surface area contributed by atoms with Crippen molar-refractivity contribution < 1.29 is 9.59 Å². The third-order valence-corrected chi connectivity index (χ3v) is 7.14. The van der Waals surface area contributed by atoms with Crippen molar-refractivity contribution in [2.24, 2.45) is 11.8 Å². The fourth-order valence-corrected chi connectivity index (χ4v) is 5.60. The fourth-order valence-electron chi connectivity index (χ4n) is 5.35. The second-order valence-corrected chi connectivity index (χ2v) is 8.80. The van der Waals surface area contributed by atoms with E-state index in [-0.39, 0.29) is 35.7 Å². The van der Waals surface area contributed by atoms with Gasteiger partial charge in [-0.1, -0.05) is 48.4 Å². The van der Waals surface area contributed by atoms with Crippen LogP contribution in [-0.2, 0) is 9.59 Å². The summed E-state index contributed by atoms with van der Waals surface area (Å²) in [6.07, 6.45) is 9.10. The van der Waals surface area contributed by atoms with Gasteiger partial charge in [-0.15, -0.1) is 0 Å². The molecule has 30 heavy (non-hydrogen) atoms. The van der Waals surface area contributed by atoms with Crippen LogP contribution in [0.3, 0.4) is 0 Å². The van der Waals surface area contributed by atoms with Crippen molar-refractivity contribution >= 4 is 29.5 Å². The first-order chi connectivity index (χ1) is 14.6. The van der Waals surface area contributed by atoms with Gasteiger partial charge in [0.1, 0.15) is 0 Å². The molecule has 5 rings (SSSR count). The molecule has 2 aromatic rings. The number of aromatic nitrogens is 1. The van der Waals surface area contributed by atoms with Gasteiger partial charge >= 0.3 is 0 Å². The maximum absolute atomic E-state index is 12.8. The van der Waals surface area contributed by atoms with Gasteiger partial charge in [0.25, 0.3) is 0 Å². The molecule has 4 unspecified atom stereocenters. The molecular weight excluding hydrogens is 398 g/mol. The van der Waals surface area contributed by atoms with E-state index in [4.69, 9.17) is 11.6 Å². The van der Waals surface area contributed by atoms with E-state index in [2.05, 4.69) is 16.0 Å². The van der Waals surface area contributed by atoms with Crippen LogP contribution in [0.15, 0.2) is 48.7 Å². The zero-order valence-electron chi connectivity index (χ0n) is 16.9. The summed E-state index contributed by atoms with van der Waals surface area (Å²) in [6.45, 7) is 0.940. The number of fused-ring (bicyclic) bond motifs is 3. The predicted octanol–water partition coefficient (Wildman–Crippen LogP) is 3.88. The normalized spacial score (nSPS) is 28.9. The standard InChI is InChI=1S/C24H24ClN3O2/c1-27-23(29)21-19-8-4-5-13-28(19)20(22(21)24(27)30)12-11-16-10-9-15(14-26-16)17-6-2-3-7-18(17)25/h2-3,6-7,9-12,14,19-22H,4-5,8,13H2,1H3/b12-11+. The van der Waals surface area contributed by atoms with Crippen molar-refractivity contribution in [2.45, 2.75) is 31.3 Å². The summed E-state index contributed by atoms with van der Waals surface area (Å²) in [5.41, 5.74) is 2.75. The van der Waals surface area contributed by atoms with Crippen LogP contribution in [0.25, 0.3) is 17.2 Å². The van der Waals surface area contributed by atoms with Gasteiger partial charge in [0, 0.05) is 41.5 Å². The van der Waals surface area contributed by atoms with Gasteiger partial charge in [0.05, 0.1) is 17.5 Å². The van der Waals surface area contributed by atoms with Crippen molar-refractivity contribution in [2.75, 3.05) is 13.6 Å². The Morgan fingerprint density at radius 3 is 2.63 bits per heavy atom. The Labute approximate surface area is 181 Å². The summed E-state index contributed by atoms with van der Waals surface area (Å²) < 4.78 is 0. The van der Waals surface area contributed by atoms with E-state index in [0.717, 1.165) is 42.6 Å². The average molecular weight is 422 g/mol. The highest BCUT2D eigenvalue weighted by Gasteiger charge is 2.60. The molecule has 0 N–H and O–H groups in total. The van der Waals surface area contributed by atoms with Crippen molar-refractivity contribution in [3.05, 3.63) is 59.4 Å². The zero-order chi connectivity index (χ0) is 20.8. The van der Waals surface area contributed by atoms with Crippen LogP contribution in [0.4, 0.5) is 0 Å². The number of piperidine rings is 1. The van der Waals surface area contributed by atoms with E-state index in [9.17, 15) is 9.59 Å². The van der Waals surface area contributed by atoms with Crippen molar-refractivity contribution in [1.82, 2.24) is 14.8 Å². The maximum Gasteiger partial charge on any atom is 0.234 e. The molecule has 5 nitrogen and oxygen atoms in total. The number of imide groups is 1. The molecule has 3 fully saturated rings. The molecule has 6 heteroatoms. The summed E-state index contributed by atoms with van der Waals surface area (Å²) in [7, 11) is 1.62. The molecule has 0 saturated carbocycles. The topological polar surface area (TPSA) is 53.5 Å². The third kappa shape index (κ3) is 3.08. The van der Waals surface area contributed by atoms with Gasteiger partial charge in [-0.05, 0) is 37.6 Å². The first-order valence-corrected chi connectivity index (χ1v) is 10.9. The fraction of sp³-hybridized carbons (Fsp3) is 0.375. The first kappa shape index (κ1) is 19.5. The van der Waals surface area contributed by atoms with Gasteiger partial charge in [0.15, 0.2) is 0 Å². The number of hydrogen-bond donors (Lipinski definition) is 0. The molecule has 1 aromatic carbocycles. The first-order valence-electron chi connectivity index (χ1n) is 10.5. The molecule has 3 aliphatic heterocycles. The smallest absolute Gasteiger partial charge is 0.234 e. The van der Waals surface area contributed by atoms with E-state index in [1.54, 1.807) is 7.05 Å². The molecule has 0 aliphatic carbocycles. The van der Waals surface area contributed by atoms with Crippen molar-refractivity contribution in [3.63, 3.8) is 0 Å². The van der Waals surface area contributed by atoms with E-state index in [1.807, 2.05) is 48.7 Å². The number of hydrogen-bond acceptors (Lipinski definition) is 4. The Kier molecular flexibility index (Phi) is 4.95. The Morgan fingerprint density at radius 2 is 1.87 bits per heavy atom. The summed E-state index contributed by atoms with van der Waals surface area (Å²) in [5.74, 6) is -0.534. The van der Waals surface area contributed by atoms with Crippen LogP contribution in [-0.4, -0.2) is 52.3 Å². The number of halogens is 1. The van der Waals surface area contributed by atoms with Crippen LogP contribution in [0, 0.1) is 11.8 Å². The molecular formula is C24H24ClN3O2. The monoisotopic (exact) mass is 421 g/mol. The van der Waals surface area contributed by atoms with Crippen molar-refractivity contribution in [1.29, 1.82) is 0 Å². The number of benzene rings is 1. The molecule has 1 aromatic heterocycles. The average Bonchev–Trinajstić information content (AvgIpc) is 3.21. The van der Waals surface area contributed by atoms with Gasteiger partial charge in [-0.2, -0.15) is 0 Å². The Hall–Kier alpha value is -2.50. The molecule has 2 amide bonds. The van der Waals surface area contributed by atoms with E-state index in [1.165, 1.54) is 4.90 Å². The van der Waals surface area contributed by atoms with E-state index >= 15 is 0 Å². The minimum Gasteiger partial charge on any atom is -0.292 e. The second kappa shape index (κ2) is 7.64. The lowest BCUT2D eigenvalue weighted by Crippen LogP contribution is -2.45.